The molecule has 0 aromatic heterocycles. The predicted molar refractivity (Wildman–Crippen MR) is 218 cm³/mol. The third kappa shape index (κ3) is 8.77. The molecule has 0 spiro atoms. The van der Waals surface area contributed by atoms with Gasteiger partial charge >= 0.3 is 0 Å². The van der Waals surface area contributed by atoms with Crippen molar-refractivity contribution in [1.82, 2.24) is 0 Å². The van der Waals surface area contributed by atoms with Crippen LogP contribution < -0.4 is 15.6 Å². The van der Waals surface area contributed by atoms with Crippen molar-refractivity contribution in [2.75, 3.05) is 6.61 Å². The number of hydrogen-bond donors (Lipinski definition) is 0. The molecule has 0 radical (unpaired) electrons. The first-order valence-electron chi connectivity index (χ1n) is 18.3. The summed E-state index contributed by atoms with van der Waals surface area (Å²) in [6.45, 7) is 5.58. The van der Waals surface area contributed by atoms with Gasteiger partial charge in [-0.05, 0) is 112 Å². The lowest BCUT2D eigenvalue weighted by atomic mass is 9.69. The summed E-state index contributed by atoms with van der Waals surface area (Å²) < 4.78 is 7.23. The SMILES string of the molecule is CC(CC(OCC(C)(CC[Si](c1ccc(Cl)cc1)(c1ccc(Cl)cc1)c1ccc(Cl)cc1)C1CCCCC1)c1ccccc1)c1ccccc1. The minimum Gasteiger partial charge on any atom is -0.373 e. The van der Waals surface area contributed by atoms with Crippen molar-refractivity contribution >= 4 is 58.4 Å². The zero-order valence-electron chi connectivity index (χ0n) is 29.3. The van der Waals surface area contributed by atoms with Gasteiger partial charge in [-0.25, -0.2) is 0 Å². The van der Waals surface area contributed by atoms with Crippen LogP contribution in [0.3, 0.4) is 0 Å². The molecule has 0 bridgehead atoms. The predicted octanol–water partition coefficient (Wildman–Crippen LogP) is 12.0. The van der Waals surface area contributed by atoms with Crippen molar-refractivity contribution in [2.24, 2.45) is 11.3 Å². The highest BCUT2D eigenvalue weighted by Gasteiger charge is 2.44. The zero-order chi connectivity index (χ0) is 35.0. The van der Waals surface area contributed by atoms with E-state index in [0.29, 0.717) is 11.8 Å². The molecule has 260 valence electrons. The minimum atomic E-state index is -2.59. The Balaban J connectivity index is 1.38. The molecule has 1 aliphatic rings. The zero-order valence-corrected chi connectivity index (χ0v) is 32.6. The highest BCUT2D eigenvalue weighted by molar-refractivity contribution is 7.11. The minimum absolute atomic E-state index is 0.00698. The number of rotatable bonds is 14. The van der Waals surface area contributed by atoms with E-state index in [-0.39, 0.29) is 11.5 Å². The monoisotopic (exact) mass is 738 g/mol. The molecule has 1 fully saturated rings. The molecule has 3 atom stereocenters. The Hall–Kier alpha value is -2.85. The Morgan fingerprint density at radius 3 is 1.52 bits per heavy atom. The molecule has 0 N–H and O–H groups in total. The molecule has 0 aliphatic heterocycles. The lowest BCUT2D eigenvalue weighted by Crippen LogP contribution is -2.67. The van der Waals surface area contributed by atoms with Crippen molar-refractivity contribution in [1.29, 1.82) is 0 Å². The molecular weight excluding hydrogens is 691 g/mol. The topological polar surface area (TPSA) is 9.23 Å². The van der Waals surface area contributed by atoms with Crippen molar-refractivity contribution in [3.05, 3.63) is 160 Å². The van der Waals surface area contributed by atoms with Crippen LogP contribution in [0.1, 0.15) is 81.9 Å². The fraction of sp³-hybridized carbons (Fsp3) is 0.333. The van der Waals surface area contributed by atoms with E-state index in [1.54, 1.807) is 0 Å². The number of halogens is 3. The van der Waals surface area contributed by atoms with Gasteiger partial charge in [0.15, 0.2) is 0 Å². The Bertz CT molecular complexity index is 1640. The normalized spacial score (nSPS) is 16.4. The van der Waals surface area contributed by atoms with E-state index in [4.69, 9.17) is 39.5 Å². The maximum Gasteiger partial charge on any atom is 0.148 e. The third-order valence-corrected chi connectivity index (χ3v) is 17.1. The van der Waals surface area contributed by atoms with Gasteiger partial charge in [-0.3, -0.25) is 0 Å². The largest absolute Gasteiger partial charge is 0.373 e. The standard InChI is InChI=1S/C45H49Cl3OSi/c1-34(35-12-6-3-7-13-35)32-44(36-14-8-4-9-15-36)49-33-45(2,37-16-10-5-11-17-37)30-31-50(41-24-18-38(46)19-25-41,42-26-20-39(47)21-27-42)43-28-22-40(48)23-29-43/h3-4,6-9,12-15,18-29,34,37,44H,5,10-11,16-17,30-33H2,1-2H3. The molecule has 1 nitrogen and oxygen atoms in total. The van der Waals surface area contributed by atoms with Crippen LogP contribution in [0.15, 0.2) is 133 Å². The number of ether oxygens (including phenoxy) is 1. The second-order valence-electron chi connectivity index (χ2n) is 14.7. The van der Waals surface area contributed by atoms with Crippen molar-refractivity contribution in [3.8, 4) is 0 Å². The molecule has 1 aliphatic carbocycles. The molecule has 50 heavy (non-hydrogen) atoms. The van der Waals surface area contributed by atoms with Gasteiger partial charge in [-0.15, -0.1) is 0 Å². The van der Waals surface area contributed by atoms with E-state index < -0.39 is 8.07 Å². The van der Waals surface area contributed by atoms with Gasteiger partial charge in [-0.1, -0.05) is 165 Å². The summed E-state index contributed by atoms with van der Waals surface area (Å²) in [5.74, 6) is 0.980. The van der Waals surface area contributed by atoms with E-state index in [0.717, 1.165) is 40.6 Å². The van der Waals surface area contributed by atoms with Crippen molar-refractivity contribution < 1.29 is 4.74 Å². The number of hydrogen-bond acceptors (Lipinski definition) is 1. The quantitative estimate of drug-likeness (QED) is 0.0814. The van der Waals surface area contributed by atoms with Crippen LogP contribution in [0.2, 0.25) is 21.1 Å². The lowest BCUT2D eigenvalue weighted by Gasteiger charge is -2.44. The van der Waals surface area contributed by atoms with Gasteiger partial charge < -0.3 is 4.74 Å². The molecule has 1 saturated carbocycles. The Labute approximate surface area is 316 Å². The fourth-order valence-corrected chi connectivity index (χ4v) is 13.7. The molecule has 3 unspecified atom stereocenters. The third-order valence-electron chi connectivity index (χ3n) is 11.4. The van der Waals surface area contributed by atoms with Gasteiger partial charge in [0.1, 0.15) is 8.07 Å². The summed E-state index contributed by atoms with van der Waals surface area (Å²) in [6, 6.07) is 48.6. The summed E-state index contributed by atoms with van der Waals surface area (Å²) in [4.78, 5) is 0. The van der Waals surface area contributed by atoms with E-state index in [1.807, 2.05) is 36.4 Å². The highest BCUT2D eigenvalue weighted by Crippen LogP contribution is 2.45. The van der Waals surface area contributed by atoms with Gasteiger partial charge in [0, 0.05) is 15.1 Å². The molecule has 5 heteroatoms. The van der Waals surface area contributed by atoms with E-state index in [2.05, 4.69) is 111 Å². The maximum absolute atomic E-state index is 7.23. The van der Waals surface area contributed by atoms with Gasteiger partial charge in [-0.2, -0.15) is 0 Å². The molecule has 6 rings (SSSR count). The van der Waals surface area contributed by atoms with Crippen LogP contribution in [0, 0.1) is 11.3 Å². The Morgan fingerprint density at radius 2 is 1.06 bits per heavy atom. The average Bonchev–Trinajstić information content (AvgIpc) is 3.16. The van der Waals surface area contributed by atoms with Crippen LogP contribution in [-0.2, 0) is 4.74 Å². The first-order valence-corrected chi connectivity index (χ1v) is 21.6. The lowest BCUT2D eigenvalue weighted by molar-refractivity contribution is -0.0431. The first kappa shape index (κ1) is 36.9. The second kappa shape index (κ2) is 17.1. The summed E-state index contributed by atoms with van der Waals surface area (Å²) >= 11 is 19.5. The molecular formula is C45H49Cl3OSi. The summed E-state index contributed by atoms with van der Waals surface area (Å²) in [7, 11) is -2.59. The van der Waals surface area contributed by atoms with Crippen LogP contribution in [0.4, 0.5) is 0 Å². The highest BCUT2D eigenvalue weighted by atomic mass is 35.5. The first-order chi connectivity index (χ1) is 24.3. The van der Waals surface area contributed by atoms with Gasteiger partial charge in [0.2, 0.25) is 0 Å². The van der Waals surface area contributed by atoms with Crippen LogP contribution in [-0.4, -0.2) is 14.7 Å². The summed E-state index contributed by atoms with van der Waals surface area (Å²) in [5.41, 5.74) is 2.61. The van der Waals surface area contributed by atoms with Crippen molar-refractivity contribution in [2.45, 2.75) is 76.9 Å². The summed E-state index contributed by atoms with van der Waals surface area (Å²) in [5, 5.41) is 6.29. The van der Waals surface area contributed by atoms with E-state index in [9.17, 15) is 0 Å². The number of benzene rings is 5. The van der Waals surface area contributed by atoms with Crippen LogP contribution >= 0.6 is 34.8 Å². The molecule has 0 saturated heterocycles. The van der Waals surface area contributed by atoms with E-state index >= 15 is 0 Å². The van der Waals surface area contributed by atoms with Gasteiger partial charge in [0.05, 0.1) is 12.7 Å². The van der Waals surface area contributed by atoms with Crippen LogP contribution in [0.25, 0.3) is 0 Å². The second-order valence-corrected chi connectivity index (χ2v) is 20.0. The molecule has 0 amide bonds. The molecule has 5 aromatic carbocycles. The maximum atomic E-state index is 7.23. The Kier molecular flexibility index (Phi) is 12.6. The molecule has 5 aromatic rings. The Morgan fingerprint density at radius 1 is 0.620 bits per heavy atom. The van der Waals surface area contributed by atoms with E-state index in [1.165, 1.54) is 58.8 Å². The average molecular weight is 740 g/mol. The summed E-state index contributed by atoms with van der Waals surface area (Å²) in [6.07, 6.45) is 8.43. The molecule has 0 heterocycles. The van der Waals surface area contributed by atoms with Gasteiger partial charge in [0.25, 0.3) is 0 Å². The van der Waals surface area contributed by atoms with Crippen molar-refractivity contribution in [3.63, 3.8) is 0 Å². The fourth-order valence-electron chi connectivity index (χ4n) is 8.30. The van der Waals surface area contributed by atoms with Crippen LogP contribution in [0.5, 0.6) is 0 Å². The smallest absolute Gasteiger partial charge is 0.148 e.